The van der Waals surface area contributed by atoms with E-state index in [-0.39, 0.29) is 0 Å². The molecule has 2 rings (SSSR count). The Balaban J connectivity index is 1.98. The zero-order chi connectivity index (χ0) is 14.5. The largest absolute Gasteiger partial charge is 0.480 e. The minimum atomic E-state index is -1.26. The minimum Gasteiger partial charge on any atom is -0.480 e. The highest BCUT2D eigenvalue weighted by atomic mass is 16.4. The van der Waals surface area contributed by atoms with Crippen molar-refractivity contribution in [3.8, 4) is 0 Å². The zero-order valence-corrected chi connectivity index (χ0v) is 11.1. The Hall–Kier alpha value is -2.08. The van der Waals surface area contributed by atoms with Crippen LogP contribution in [0.15, 0.2) is 24.3 Å². The molecule has 108 valence electrons. The number of carbonyl (C=O) groups excluding carboxylic acids is 1. The van der Waals surface area contributed by atoms with Gasteiger partial charge >= 0.3 is 12.0 Å². The highest BCUT2D eigenvalue weighted by molar-refractivity contribution is 5.82. The van der Waals surface area contributed by atoms with E-state index in [1.165, 1.54) is 11.1 Å². The minimum absolute atomic E-state index is 0.445. The molecule has 0 bridgehead atoms. The summed E-state index contributed by atoms with van der Waals surface area (Å²) >= 11 is 0. The van der Waals surface area contributed by atoms with Crippen LogP contribution in [0.25, 0.3) is 0 Å². The number of benzene rings is 1. The van der Waals surface area contributed by atoms with Crippen LogP contribution < -0.4 is 5.32 Å². The van der Waals surface area contributed by atoms with Crippen molar-refractivity contribution in [3.05, 3.63) is 35.4 Å². The van der Waals surface area contributed by atoms with Gasteiger partial charge in [-0.3, -0.25) is 0 Å². The first-order chi connectivity index (χ1) is 9.61. The van der Waals surface area contributed by atoms with Gasteiger partial charge in [0.05, 0.1) is 6.61 Å². The molecule has 1 aromatic rings. The third kappa shape index (κ3) is 3.27. The van der Waals surface area contributed by atoms with Crippen LogP contribution in [0.4, 0.5) is 4.79 Å². The van der Waals surface area contributed by atoms with Crippen LogP contribution in [0.2, 0.25) is 0 Å². The molecule has 0 aliphatic carbocycles. The summed E-state index contributed by atoms with van der Waals surface area (Å²) in [7, 11) is 0. The number of carbonyl (C=O) groups is 2. The molecule has 0 unspecified atom stereocenters. The molecule has 1 aromatic carbocycles. The number of amides is 2. The molecule has 3 N–H and O–H groups in total. The van der Waals surface area contributed by atoms with Crippen LogP contribution in [0.5, 0.6) is 0 Å². The summed E-state index contributed by atoms with van der Waals surface area (Å²) in [6.45, 7) is 0.469. The SMILES string of the molecule is O=C(O)[C@H](CO)NC(=O)N1CCc2ccccc2CC1. The number of hydrogen-bond acceptors (Lipinski definition) is 3. The van der Waals surface area contributed by atoms with Crippen molar-refractivity contribution in [2.24, 2.45) is 0 Å². The van der Waals surface area contributed by atoms with E-state index in [9.17, 15) is 9.59 Å². The molecule has 0 aromatic heterocycles. The lowest BCUT2D eigenvalue weighted by molar-refractivity contribution is -0.140. The van der Waals surface area contributed by atoms with E-state index >= 15 is 0 Å². The topological polar surface area (TPSA) is 89.9 Å². The lowest BCUT2D eigenvalue weighted by Gasteiger charge is -2.22. The maximum Gasteiger partial charge on any atom is 0.328 e. The lowest BCUT2D eigenvalue weighted by Crippen LogP contribution is -2.50. The number of rotatable bonds is 3. The van der Waals surface area contributed by atoms with E-state index in [1.807, 2.05) is 24.3 Å². The normalized spacial score (nSPS) is 15.9. The summed E-state index contributed by atoms with van der Waals surface area (Å²) < 4.78 is 0. The second-order valence-electron chi connectivity index (χ2n) is 4.78. The summed E-state index contributed by atoms with van der Waals surface area (Å²) in [5.74, 6) is -1.24. The number of hydrogen-bond donors (Lipinski definition) is 3. The van der Waals surface area contributed by atoms with Gasteiger partial charge in [-0.25, -0.2) is 9.59 Å². The Labute approximate surface area is 117 Å². The highest BCUT2D eigenvalue weighted by Crippen LogP contribution is 2.15. The zero-order valence-electron chi connectivity index (χ0n) is 11.1. The van der Waals surface area contributed by atoms with Crippen LogP contribution >= 0.6 is 0 Å². The molecular formula is C14H18N2O4. The summed E-state index contributed by atoms with van der Waals surface area (Å²) in [6.07, 6.45) is 1.50. The Bertz CT molecular complexity index is 477. The second-order valence-corrected chi connectivity index (χ2v) is 4.78. The van der Waals surface area contributed by atoms with E-state index in [1.54, 1.807) is 4.90 Å². The average Bonchev–Trinajstić information content (AvgIpc) is 2.66. The number of aliphatic carboxylic acids is 1. The first-order valence-corrected chi connectivity index (χ1v) is 6.57. The van der Waals surface area contributed by atoms with Gasteiger partial charge in [0.15, 0.2) is 6.04 Å². The van der Waals surface area contributed by atoms with Gasteiger partial charge in [0.2, 0.25) is 0 Å². The number of nitrogens with one attached hydrogen (secondary N) is 1. The Morgan fingerprint density at radius 1 is 1.20 bits per heavy atom. The first kappa shape index (κ1) is 14.3. The average molecular weight is 278 g/mol. The van der Waals surface area contributed by atoms with Crippen LogP contribution in [0.1, 0.15) is 11.1 Å². The molecule has 0 saturated heterocycles. The van der Waals surface area contributed by atoms with Crippen LogP contribution in [0.3, 0.4) is 0 Å². The van der Waals surface area contributed by atoms with Gasteiger partial charge < -0.3 is 20.4 Å². The maximum atomic E-state index is 12.0. The van der Waals surface area contributed by atoms with E-state index in [4.69, 9.17) is 10.2 Å². The molecular weight excluding hydrogens is 260 g/mol. The molecule has 0 radical (unpaired) electrons. The smallest absolute Gasteiger partial charge is 0.328 e. The van der Waals surface area contributed by atoms with Gasteiger partial charge in [-0.15, -0.1) is 0 Å². The molecule has 1 heterocycles. The number of carboxylic acids is 1. The van der Waals surface area contributed by atoms with Gasteiger partial charge in [0.1, 0.15) is 0 Å². The maximum absolute atomic E-state index is 12.0. The van der Waals surface area contributed by atoms with Gasteiger partial charge in [-0.2, -0.15) is 0 Å². The molecule has 0 spiro atoms. The van der Waals surface area contributed by atoms with Crippen molar-refractivity contribution in [2.45, 2.75) is 18.9 Å². The number of nitrogens with zero attached hydrogens (tertiary/aromatic N) is 1. The third-order valence-electron chi connectivity index (χ3n) is 3.49. The Morgan fingerprint density at radius 2 is 1.75 bits per heavy atom. The van der Waals surface area contributed by atoms with Crippen molar-refractivity contribution in [1.82, 2.24) is 10.2 Å². The van der Waals surface area contributed by atoms with Gasteiger partial charge in [0.25, 0.3) is 0 Å². The van der Waals surface area contributed by atoms with E-state index in [0.29, 0.717) is 13.1 Å². The predicted octanol–water partition coefficient (Wildman–Crippen LogP) is 0.242. The van der Waals surface area contributed by atoms with Gasteiger partial charge in [0, 0.05) is 13.1 Å². The number of aliphatic hydroxyl groups excluding tert-OH is 1. The number of carboxylic acid groups (broad SMARTS) is 1. The Morgan fingerprint density at radius 3 is 2.20 bits per heavy atom. The van der Waals surface area contributed by atoms with Crippen molar-refractivity contribution in [1.29, 1.82) is 0 Å². The quantitative estimate of drug-likeness (QED) is 0.739. The molecule has 0 saturated carbocycles. The molecule has 6 heteroatoms. The fourth-order valence-corrected chi connectivity index (χ4v) is 2.30. The van der Waals surface area contributed by atoms with E-state index in [2.05, 4.69) is 5.32 Å². The fourth-order valence-electron chi connectivity index (χ4n) is 2.30. The first-order valence-electron chi connectivity index (χ1n) is 6.57. The molecule has 20 heavy (non-hydrogen) atoms. The number of fused-ring (bicyclic) bond motifs is 1. The standard InChI is InChI=1S/C14H18N2O4/c17-9-12(13(18)19)15-14(20)16-7-5-10-3-1-2-4-11(10)6-8-16/h1-4,12,17H,5-9H2,(H,15,20)(H,18,19)/t12-/m0/s1. The van der Waals surface area contributed by atoms with E-state index in [0.717, 1.165) is 12.8 Å². The molecule has 0 fully saturated rings. The molecule has 2 amide bonds. The monoisotopic (exact) mass is 278 g/mol. The predicted molar refractivity (Wildman–Crippen MR) is 72.5 cm³/mol. The fraction of sp³-hybridized carbons (Fsp3) is 0.429. The lowest BCUT2D eigenvalue weighted by atomic mass is 10.0. The molecule has 1 aliphatic rings. The molecule has 1 atom stereocenters. The van der Waals surface area contributed by atoms with Crippen molar-refractivity contribution in [3.63, 3.8) is 0 Å². The van der Waals surface area contributed by atoms with E-state index < -0.39 is 24.6 Å². The van der Waals surface area contributed by atoms with Crippen LogP contribution in [-0.2, 0) is 17.6 Å². The van der Waals surface area contributed by atoms with Crippen LogP contribution in [-0.4, -0.2) is 52.9 Å². The number of urea groups is 1. The van der Waals surface area contributed by atoms with Crippen LogP contribution in [0, 0.1) is 0 Å². The van der Waals surface area contributed by atoms with Crippen molar-refractivity contribution < 1.29 is 19.8 Å². The summed E-state index contributed by atoms with van der Waals surface area (Å²) in [4.78, 5) is 24.4. The summed E-state index contributed by atoms with van der Waals surface area (Å²) in [5.41, 5.74) is 2.44. The highest BCUT2D eigenvalue weighted by Gasteiger charge is 2.23. The summed E-state index contributed by atoms with van der Waals surface area (Å²) in [6, 6.07) is 6.34. The molecule has 1 aliphatic heterocycles. The second kappa shape index (κ2) is 6.38. The van der Waals surface area contributed by atoms with Gasteiger partial charge in [-0.05, 0) is 24.0 Å². The third-order valence-corrected chi connectivity index (χ3v) is 3.49. The van der Waals surface area contributed by atoms with Gasteiger partial charge in [-0.1, -0.05) is 24.3 Å². The molecule has 6 nitrogen and oxygen atoms in total. The number of aliphatic hydroxyl groups is 1. The van der Waals surface area contributed by atoms with Crippen molar-refractivity contribution in [2.75, 3.05) is 19.7 Å². The summed E-state index contributed by atoms with van der Waals surface area (Å²) in [5, 5.41) is 20.1. The Kier molecular flexibility index (Phi) is 4.57. The van der Waals surface area contributed by atoms with Crippen molar-refractivity contribution >= 4 is 12.0 Å².